The summed E-state index contributed by atoms with van der Waals surface area (Å²) in [5.74, 6) is 1.06. The molecule has 0 saturated carbocycles. The number of fused-ring (bicyclic) bond motifs is 1. The molecule has 0 saturated heterocycles. The number of hydrogen-bond donors (Lipinski definition) is 1. The van der Waals surface area contributed by atoms with E-state index < -0.39 is 0 Å². The fourth-order valence-corrected chi connectivity index (χ4v) is 3.42. The van der Waals surface area contributed by atoms with Crippen molar-refractivity contribution in [2.45, 2.75) is 51.8 Å². The molecule has 0 radical (unpaired) electrons. The Kier molecular flexibility index (Phi) is 6.87. The zero-order valence-corrected chi connectivity index (χ0v) is 16.4. The van der Waals surface area contributed by atoms with Crippen LogP contribution in [0.2, 0.25) is 0 Å². The number of amides is 1. The monoisotopic (exact) mass is 370 g/mol. The molecule has 0 bridgehead atoms. The third-order valence-corrected chi connectivity index (χ3v) is 4.90. The molecule has 1 unspecified atom stereocenters. The van der Waals surface area contributed by atoms with Crippen molar-refractivity contribution in [3.8, 4) is 5.75 Å². The minimum atomic E-state index is 0.0717. The van der Waals surface area contributed by atoms with Gasteiger partial charge in [0.25, 0.3) is 0 Å². The molecule has 0 fully saturated rings. The Morgan fingerprint density at radius 3 is 3.00 bits per heavy atom. The molecule has 1 aliphatic heterocycles. The van der Waals surface area contributed by atoms with Gasteiger partial charge in [-0.2, -0.15) is 5.10 Å². The highest BCUT2D eigenvalue weighted by molar-refractivity contribution is 5.76. The van der Waals surface area contributed by atoms with E-state index in [-0.39, 0.29) is 12.0 Å². The van der Waals surface area contributed by atoms with E-state index >= 15 is 0 Å². The summed E-state index contributed by atoms with van der Waals surface area (Å²) < 4.78 is 7.99. The van der Waals surface area contributed by atoms with E-state index in [1.165, 1.54) is 5.56 Å². The van der Waals surface area contributed by atoms with Crippen molar-refractivity contribution >= 4 is 5.91 Å². The zero-order chi connectivity index (χ0) is 19.1. The average Bonchev–Trinajstić information content (AvgIpc) is 2.99. The predicted octanol–water partition coefficient (Wildman–Crippen LogP) is 2.88. The third kappa shape index (κ3) is 5.82. The number of rotatable bonds is 8. The van der Waals surface area contributed by atoms with Gasteiger partial charge in [-0.05, 0) is 18.9 Å². The van der Waals surface area contributed by atoms with Crippen molar-refractivity contribution in [2.24, 2.45) is 7.05 Å². The van der Waals surface area contributed by atoms with Gasteiger partial charge in [0.15, 0.2) is 0 Å². The molecule has 1 atom stereocenters. The van der Waals surface area contributed by atoms with Gasteiger partial charge < -0.3 is 10.1 Å². The lowest BCUT2D eigenvalue weighted by molar-refractivity contribution is -0.121. The Balaban J connectivity index is 1.53. The third-order valence-electron chi connectivity index (χ3n) is 4.90. The van der Waals surface area contributed by atoms with Crippen LogP contribution in [-0.4, -0.2) is 39.8 Å². The van der Waals surface area contributed by atoms with Crippen LogP contribution in [-0.2, 0) is 24.9 Å². The quantitative estimate of drug-likeness (QED) is 0.776. The molecule has 0 aliphatic carbocycles. The molecule has 27 heavy (non-hydrogen) atoms. The largest absolute Gasteiger partial charge is 0.489 e. The SMILES string of the molecule is CCCCC1CN(CCC(=O)NCc2cnn(C)c2)Cc2ccccc2O1. The van der Waals surface area contributed by atoms with E-state index in [1.54, 1.807) is 10.9 Å². The van der Waals surface area contributed by atoms with Gasteiger partial charge >= 0.3 is 0 Å². The molecule has 1 aromatic carbocycles. The topological polar surface area (TPSA) is 59.4 Å². The van der Waals surface area contributed by atoms with Crippen LogP contribution in [0, 0.1) is 0 Å². The van der Waals surface area contributed by atoms with E-state index in [0.29, 0.717) is 13.0 Å². The summed E-state index contributed by atoms with van der Waals surface area (Å²) in [7, 11) is 1.87. The first-order valence-corrected chi connectivity index (χ1v) is 9.85. The maximum absolute atomic E-state index is 12.3. The summed E-state index contributed by atoms with van der Waals surface area (Å²) in [6.07, 6.45) is 7.75. The van der Waals surface area contributed by atoms with Gasteiger partial charge in [0, 0.05) is 57.0 Å². The normalized spacial score (nSPS) is 17.0. The van der Waals surface area contributed by atoms with Crippen LogP contribution in [0.1, 0.15) is 43.7 Å². The van der Waals surface area contributed by atoms with Gasteiger partial charge in [-0.15, -0.1) is 0 Å². The van der Waals surface area contributed by atoms with Crippen LogP contribution in [0.4, 0.5) is 0 Å². The fraction of sp³-hybridized carbons (Fsp3) is 0.524. The number of ether oxygens (including phenoxy) is 1. The highest BCUT2D eigenvalue weighted by atomic mass is 16.5. The maximum atomic E-state index is 12.3. The molecule has 3 rings (SSSR count). The van der Waals surface area contributed by atoms with E-state index in [2.05, 4.69) is 34.4 Å². The highest BCUT2D eigenvalue weighted by Gasteiger charge is 2.22. The summed E-state index contributed by atoms with van der Waals surface area (Å²) in [6, 6.07) is 8.25. The number of unbranched alkanes of at least 4 members (excludes halogenated alkanes) is 1. The number of nitrogens with zero attached hydrogens (tertiary/aromatic N) is 3. The highest BCUT2D eigenvalue weighted by Crippen LogP contribution is 2.26. The molecular weight excluding hydrogens is 340 g/mol. The smallest absolute Gasteiger partial charge is 0.221 e. The maximum Gasteiger partial charge on any atom is 0.221 e. The number of para-hydroxylation sites is 1. The molecule has 1 N–H and O–H groups in total. The van der Waals surface area contributed by atoms with Crippen molar-refractivity contribution in [1.82, 2.24) is 20.0 Å². The van der Waals surface area contributed by atoms with Crippen LogP contribution in [0.5, 0.6) is 5.75 Å². The van der Waals surface area contributed by atoms with E-state index in [9.17, 15) is 4.79 Å². The molecule has 6 nitrogen and oxygen atoms in total. The summed E-state index contributed by atoms with van der Waals surface area (Å²) >= 11 is 0. The van der Waals surface area contributed by atoms with Crippen LogP contribution in [0.15, 0.2) is 36.7 Å². The first kappa shape index (κ1) is 19.4. The second-order valence-electron chi connectivity index (χ2n) is 7.27. The van der Waals surface area contributed by atoms with E-state index in [0.717, 1.165) is 50.2 Å². The Hall–Kier alpha value is -2.34. The summed E-state index contributed by atoms with van der Waals surface area (Å²) in [5, 5.41) is 7.10. The minimum absolute atomic E-state index is 0.0717. The van der Waals surface area contributed by atoms with Gasteiger partial charge in [0.1, 0.15) is 11.9 Å². The van der Waals surface area contributed by atoms with Gasteiger partial charge in [-0.1, -0.05) is 31.5 Å². The van der Waals surface area contributed by atoms with Crippen LogP contribution in [0.25, 0.3) is 0 Å². The Morgan fingerprint density at radius 1 is 1.37 bits per heavy atom. The number of benzene rings is 1. The molecule has 2 heterocycles. The number of aromatic nitrogens is 2. The predicted molar refractivity (Wildman–Crippen MR) is 105 cm³/mol. The molecule has 1 amide bonds. The molecule has 146 valence electrons. The first-order chi connectivity index (χ1) is 13.1. The molecule has 6 heteroatoms. The second-order valence-corrected chi connectivity index (χ2v) is 7.27. The lowest BCUT2D eigenvalue weighted by Gasteiger charge is -2.23. The lowest BCUT2D eigenvalue weighted by Crippen LogP contribution is -2.35. The van der Waals surface area contributed by atoms with E-state index in [4.69, 9.17) is 4.74 Å². The molecule has 1 aromatic heterocycles. The molecule has 2 aromatic rings. The second kappa shape index (κ2) is 9.55. The standard InChI is InChI=1S/C21H30N4O2/c1-3-4-8-19-16-25(15-18-7-5-6-9-20(18)27-19)11-10-21(26)22-12-17-13-23-24(2)14-17/h5-7,9,13-14,19H,3-4,8,10-12,15-16H2,1-2H3,(H,22,26). The molecular formula is C21H30N4O2. The summed E-state index contributed by atoms with van der Waals surface area (Å²) in [4.78, 5) is 14.6. The lowest BCUT2D eigenvalue weighted by atomic mass is 10.1. The van der Waals surface area contributed by atoms with Gasteiger partial charge in [-0.25, -0.2) is 0 Å². The van der Waals surface area contributed by atoms with Crippen molar-refractivity contribution in [3.05, 3.63) is 47.8 Å². The van der Waals surface area contributed by atoms with Crippen molar-refractivity contribution in [3.63, 3.8) is 0 Å². The fourth-order valence-electron chi connectivity index (χ4n) is 3.42. The van der Waals surface area contributed by atoms with Gasteiger partial charge in [0.2, 0.25) is 5.91 Å². The summed E-state index contributed by atoms with van der Waals surface area (Å²) in [6.45, 7) is 5.16. The minimum Gasteiger partial charge on any atom is -0.489 e. The summed E-state index contributed by atoms with van der Waals surface area (Å²) in [5.41, 5.74) is 2.22. The Morgan fingerprint density at radius 2 is 2.22 bits per heavy atom. The zero-order valence-electron chi connectivity index (χ0n) is 16.4. The van der Waals surface area contributed by atoms with Crippen molar-refractivity contribution in [2.75, 3.05) is 13.1 Å². The number of aryl methyl sites for hydroxylation is 1. The van der Waals surface area contributed by atoms with Crippen LogP contribution < -0.4 is 10.1 Å². The van der Waals surface area contributed by atoms with Crippen LogP contribution >= 0.6 is 0 Å². The molecule has 0 spiro atoms. The number of carbonyl (C=O) groups excluding carboxylic acids is 1. The van der Waals surface area contributed by atoms with Crippen molar-refractivity contribution < 1.29 is 9.53 Å². The Labute approximate surface area is 161 Å². The van der Waals surface area contributed by atoms with Gasteiger partial charge in [0.05, 0.1) is 6.20 Å². The van der Waals surface area contributed by atoms with E-state index in [1.807, 2.05) is 25.4 Å². The number of nitrogens with one attached hydrogen (secondary N) is 1. The van der Waals surface area contributed by atoms with Gasteiger partial charge in [-0.3, -0.25) is 14.4 Å². The average molecular weight is 370 g/mol. The molecule has 1 aliphatic rings. The van der Waals surface area contributed by atoms with Crippen LogP contribution in [0.3, 0.4) is 0 Å². The first-order valence-electron chi connectivity index (χ1n) is 9.85. The Bertz CT molecular complexity index is 743. The number of hydrogen-bond acceptors (Lipinski definition) is 4. The number of carbonyl (C=O) groups is 1. The van der Waals surface area contributed by atoms with Crippen molar-refractivity contribution in [1.29, 1.82) is 0 Å².